The lowest BCUT2D eigenvalue weighted by molar-refractivity contribution is 0.672. The number of hydrogen-bond donors (Lipinski definition) is 1. The summed E-state index contributed by atoms with van der Waals surface area (Å²) in [6, 6.07) is 6.96. The molecule has 0 saturated heterocycles. The van der Waals surface area contributed by atoms with Crippen LogP contribution in [0.4, 0.5) is 5.69 Å². The maximum atomic E-state index is 3.52. The Morgan fingerprint density at radius 1 is 1.36 bits per heavy atom. The average molecular weight is 368 g/mol. The van der Waals surface area contributed by atoms with Crippen LogP contribution in [-0.2, 0) is 0 Å². The normalized spacial score (nSPS) is 10.6. The summed E-state index contributed by atoms with van der Waals surface area (Å²) < 4.78 is 2.41. The van der Waals surface area contributed by atoms with Gasteiger partial charge in [0.05, 0.1) is 0 Å². The van der Waals surface area contributed by atoms with E-state index in [1.807, 2.05) is 0 Å². The Balaban J connectivity index is 2.72. The molecule has 0 heterocycles. The third kappa shape index (κ3) is 3.42. The van der Waals surface area contributed by atoms with E-state index in [1.165, 1.54) is 22.1 Å². The van der Waals surface area contributed by atoms with Crippen LogP contribution in [0.1, 0.15) is 26.7 Å². The molecule has 0 aliphatic rings. The quantitative estimate of drug-likeness (QED) is 0.763. The Morgan fingerprint density at radius 3 is 2.50 bits per heavy atom. The summed E-state index contributed by atoms with van der Waals surface area (Å²) in [4.78, 5) is 0. The average Bonchev–Trinajstić information content (AvgIpc) is 2.19. The SMILES string of the molecule is CCC(CC)Nc1ccc(Br)c(I)c1. The van der Waals surface area contributed by atoms with Crippen molar-refractivity contribution < 1.29 is 0 Å². The highest BCUT2D eigenvalue weighted by atomic mass is 127. The van der Waals surface area contributed by atoms with Crippen molar-refractivity contribution in [1.82, 2.24) is 0 Å². The molecule has 0 bridgehead atoms. The number of benzene rings is 1. The second-order valence-electron chi connectivity index (χ2n) is 3.29. The first-order valence-corrected chi connectivity index (χ1v) is 6.76. The van der Waals surface area contributed by atoms with Gasteiger partial charge in [0.2, 0.25) is 0 Å². The lowest BCUT2D eigenvalue weighted by atomic mass is 10.1. The monoisotopic (exact) mass is 367 g/mol. The van der Waals surface area contributed by atoms with Crippen LogP contribution in [-0.4, -0.2) is 6.04 Å². The minimum Gasteiger partial charge on any atom is -0.382 e. The summed E-state index contributed by atoms with van der Waals surface area (Å²) in [5, 5.41) is 3.52. The topological polar surface area (TPSA) is 12.0 Å². The Morgan fingerprint density at radius 2 is 2.00 bits per heavy atom. The van der Waals surface area contributed by atoms with Gasteiger partial charge in [-0.25, -0.2) is 0 Å². The van der Waals surface area contributed by atoms with Crippen molar-refractivity contribution in [3.63, 3.8) is 0 Å². The number of rotatable bonds is 4. The van der Waals surface area contributed by atoms with E-state index < -0.39 is 0 Å². The minimum atomic E-state index is 0.590. The number of hydrogen-bond acceptors (Lipinski definition) is 1. The zero-order valence-corrected chi connectivity index (χ0v) is 12.2. The fourth-order valence-corrected chi connectivity index (χ4v) is 2.08. The summed E-state index contributed by atoms with van der Waals surface area (Å²) in [5.74, 6) is 0. The first kappa shape index (κ1) is 12.3. The van der Waals surface area contributed by atoms with E-state index in [-0.39, 0.29) is 0 Å². The molecule has 0 aromatic heterocycles. The van der Waals surface area contributed by atoms with E-state index in [4.69, 9.17) is 0 Å². The lowest BCUT2D eigenvalue weighted by Gasteiger charge is -2.16. The summed E-state index contributed by atoms with van der Waals surface area (Å²) in [7, 11) is 0. The van der Waals surface area contributed by atoms with Crippen LogP contribution in [0.2, 0.25) is 0 Å². The molecule has 1 aromatic carbocycles. The predicted octanol–water partition coefficient (Wildman–Crippen LogP) is 4.65. The molecule has 0 radical (unpaired) electrons. The van der Waals surface area contributed by atoms with Crippen LogP contribution in [0, 0.1) is 3.57 Å². The van der Waals surface area contributed by atoms with Gasteiger partial charge in [-0.1, -0.05) is 13.8 Å². The van der Waals surface area contributed by atoms with Crippen molar-refractivity contribution in [2.75, 3.05) is 5.32 Å². The summed E-state index contributed by atoms with van der Waals surface area (Å²) in [6.45, 7) is 4.43. The van der Waals surface area contributed by atoms with Gasteiger partial charge in [0.1, 0.15) is 0 Å². The fourth-order valence-electron chi connectivity index (χ4n) is 1.31. The highest BCUT2D eigenvalue weighted by molar-refractivity contribution is 14.1. The van der Waals surface area contributed by atoms with Gasteiger partial charge in [0, 0.05) is 19.8 Å². The largest absolute Gasteiger partial charge is 0.382 e. The van der Waals surface area contributed by atoms with Crippen molar-refractivity contribution in [3.8, 4) is 0 Å². The Hall–Kier alpha value is 0.230. The first-order valence-electron chi connectivity index (χ1n) is 4.89. The Bertz CT molecular complexity index is 297. The molecule has 78 valence electrons. The zero-order valence-electron chi connectivity index (χ0n) is 8.48. The van der Waals surface area contributed by atoms with E-state index in [1.54, 1.807) is 0 Å². The minimum absolute atomic E-state index is 0.590. The highest BCUT2D eigenvalue weighted by Crippen LogP contribution is 2.23. The third-order valence-electron chi connectivity index (χ3n) is 2.28. The van der Waals surface area contributed by atoms with Crippen molar-refractivity contribution >= 4 is 44.2 Å². The number of halogens is 2. The van der Waals surface area contributed by atoms with E-state index in [0.717, 1.165) is 4.47 Å². The summed E-state index contributed by atoms with van der Waals surface area (Å²) in [6.07, 6.45) is 2.34. The van der Waals surface area contributed by atoms with Crippen LogP contribution in [0.25, 0.3) is 0 Å². The molecule has 1 aromatic rings. The van der Waals surface area contributed by atoms with Crippen LogP contribution in [0.15, 0.2) is 22.7 Å². The molecular formula is C11H15BrIN. The second kappa shape index (κ2) is 5.95. The fraction of sp³-hybridized carbons (Fsp3) is 0.455. The molecule has 0 unspecified atom stereocenters. The third-order valence-corrected chi connectivity index (χ3v) is 4.60. The van der Waals surface area contributed by atoms with Crippen molar-refractivity contribution in [2.45, 2.75) is 32.7 Å². The predicted molar refractivity (Wildman–Crippen MR) is 74.9 cm³/mol. The molecule has 0 aliphatic carbocycles. The standard InChI is InChI=1S/C11H15BrIN/c1-3-8(4-2)14-9-5-6-10(12)11(13)7-9/h5-8,14H,3-4H2,1-2H3. The smallest absolute Gasteiger partial charge is 0.0353 e. The molecule has 0 spiro atoms. The van der Waals surface area contributed by atoms with Crippen LogP contribution in [0.3, 0.4) is 0 Å². The van der Waals surface area contributed by atoms with Crippen molar-refractivity contribution in [1.29, 1.82) is 0 Å². The number of nitrogens with one attached hydrogen (secondary N) is 1. The molecule has 0 aliphatic heterocycles. The van der Waals surface area contributed by atoms with E-state index in [0.29, 0.717) is 6.04 Å². The number of anilines is 1. The molecule has 14 heavy (non-hydrogen) atoms. The second-order valence-corrected chi connectivity index (χ2v) is 5.30. The maximum absolute atomic E-state index is 3.52. The van der Waals surface area contributed by atoms with Gasteiger partial charge in [0.15, 0.2) is 0 Å². The van der Waals surface area contributed by atoms with Gasteiger partial charge in [-0.3, -0.25) is 0 Å². The highest BCUT2D eigenvalue weighted by Gasteiger charge is 2.04. The molecule has 1 rings (SSSR count). The first-order chi connectivity index (χ1) is 6.67. The van der Waals surface area contributed by atoms with Gasteiger partial charge in [-0.2, -0.15) is 0 Å². The van der Waals surface area contributed by atoms with Crippen LogP contribution in [0.5, 0.6) is 0 Å². The van der Waals surface area contributed by atoms with Gasteiger partial charge in [-0.15, -0.1) is 0 Å². The van der Waals surface area contributed by atoms with Crippen molar-refractivity contribution in [3.05, 3.63) is 26.2 Å². The zero-order chi connectivity index (χ0) is 10.6. The maximum Gasteiger partial charge on any atom is 0.0353 e. The molecule has 3 heteroatoms. The van der Waals surface area contributed by atoms with Gasteiger partial charge >= 0.3 is 0 Å². The summed E-state index contributed by atoms with van der Waals surface area (Å²) >= 11 is 5.83. The van der Waals surface area contributed by atoms with Gasteiger partial charge in [-0.05, 0) is 69.6 Å². The molecule has 0 amide bonds. The van der Waals surface area contributed by atoms with Gasteiger partial charge in [0.25, 0.3) is 0 Å². The lowest BCUT2D eigenvalue weighted by Crippen LogP contribution is -2.16. The van der Waals surface area contributed by atoms with Crippen molar-refractivity contribution in [2.24, 2.45) is 0 Å². The Labute approximate surface area is 108 Å². The van der Waals surface area contributed by atoms with E-state index in [2.05, 4.69) is 75.9 Å². The van der Waals surface area contributed by atoms with E-state index in [9.17, 15) is 0 Å². The molecule has 0 saturated carbocycles. The van der Waals surface area contributed by atoms with E-state index >= 15 is 0 Å². The molecular weight excluding hydrogens is 353 g/mol. The molecule has 0 atom stereocenters. The Kier molecular flexibility index (Phi) is 5.23. The molecule has 0 fully saturated rings. The molecule has 1 N–H and O–H groups in total. The van der Waals surface area contributed by atoms with Crippen LogP contribution < -0.4 is 5.32 Å². The molecule has 1 nitrogen and oxygen atoms in total. The van der Waals surface area contributed by atoms with Crippen LogP contribution >= 0.6 is 38.5 Å². The van der Waals surface area contributed by atoms with Gasteiger partial charge < -0.3 is 5.32 Å². The summed E-state index contributed by atoms with van der Waals surface area (Å²) in [5.41, 5.74) is 1.21.